The molecule has 0 bridgehead atoms. The lowest BCUT2D eigenvalue weighted by atomic mass is 9.95. The van der Waals surface area contributed by atoms with Crippen LogP contribution in [0.5, 0.6) is 0 Å². The highest BCUT2D eigenvalue weighted by Gasteiger charge is 2.18. The Kier molecular flexibility index (Phi) is 4.94. The van der Waals surface area contributed by atoms with Gasteiger partial charge in [0.05, 0.1) is 5.92 Å². The Balaban J connectivity index is 2.13. The second kappa shape index (κ2) is 6.90. The third-order valence-electron chi connectivity index (χ3n) is 3.53. The van der Waals surface area contributed by atoms with E-state index in [1.165, 1.54) is 5.56 Å². The minimum atomic E-state index is -0.0958. The summed E-state index contributed by atoms with van der Waals surface area (Å²) in [6.07, 6.45) is 1.77. The van der Waals surface area contributed by atoms with Crippen molar-refractivity contribution in [2.24, 2.45) is 0 Å². The average Bonchev–Trinajstić information content (AvgIpc) is 2.49. The van der Waals surface area contributed by atoms with Crippen molar-refractivity contribution in [3.63, 3.8) is 0 Å². The number of carbonyl (C=O) groups excluding carboxylic acids is 1. The van der Waals surface area contributed by atoms with Crippen LogP contribution in [0.1, 0.15) is 37.3 Å². The number of nitrogens with one attached hydrogen (secondary N) is 1. The molecule has 0 saturated carbocycles. The molecule has 0 heterocycles. The van der Waals surface area contributed by atoms with Crippen molar-refractivity contribution in [2.45, 2.75) is 32.6 Å². The molecule has 0 aliphatic heterocycles. The maximum atomic E-state index is 12.4. The van der Waals surface area contributed by atoms with Gasteiger partial charge in [-0.2, -0.15) is 0 Å². The van der Waals surface area contributed by atoms with E-state index in [4.69, 9.17) is 0 Å². The van der Waals surface area contributed by atoms with Crippen molar-refractivity contribution in [2.75, 3.05) is 5.32 Å². The van der Waals surface area contributed by atoms with Crippen LogP contribution in [-0.2, 0) is 11.2 Å². The summed E-state index contributed by atoms with van der Waals surface area (Å²) in [5.41, 5.74) is 3.18. The standard InChI is InChI=1S/C18H21NO/c1-3-14-9-8-12-16(13-14)19-18(20)17(4-2)15-10-6-5-7-11-15/h5-13,17H,3-4H2,1-2H3,(H,19,20). The first kappa shape index (κ1) is 14.3. The number of rotatable bonds is 5. The van der Waals surface area contributed by atoms with Gasteiger partial charge in [-0.25, -0.2) is 0 Å². The lowest BCUT2D eigenvalue weighted by molar-refractivity contribution is -0.117. The summed E-state index contributed by atoms with van der Waals surface area (Å²) in [5.74, 6) is -0.0339. The molecule has 2 heteroatoms. The van der Waals surface area contributed by atoms with Gasteiger partial charge in [-0.15, -0.1) is 0 Å². The molecule has 0 aromatic heterocycles. The second-order valence-electron chi connectivity index (χ2n) is 4.91. The number of carbonyl (C=O) groups is 1. The van der Waals surface area contributed by atoms with Gasteiger partial charge in [-0.05, 0) is 36.1 Å². The highest BCUT2D eigenvalue weighted by molar-refractivity contribution is 5.95. The minimum Gasteiger partial charge on any atom is -0.326 e. The van der Waals surface area contributed by atoms with Crippen LogP contribution in [0.3, 0.4) is 0 Å². The summed E-state index contributed by atoms with van der Waals surface area (Å²) < 4.78 is 0. The van der Waals surface area contributed by atoms with Crippen LogP contribution in [0, 0.1) is 0 Å². The summed E-state index contributed by atoms with van der Waals surface area (Å²) in [6, 6.07) is 18.0. The zero-order chi connectivity index (χ0) is 14.4. The van der Waals surface area contributed by atoms with Gasteiger partial charge in [0.1, 0.15) is 0 Å². The zero-order valence-electron chi connectivity index (χ0n) is 12.1. The smallest absolute Gasteiger partial charge is 0.231 e. The Morgan fingerprint density at radius 2 is 1.80 bits per heavy atom. The minimum absolute atomic E-state index is 0.0620. The summed E-state index contributed by atoms with van der Waals surface area (Å²) in [6.45, 7) is 4.15. The molecule has 104 valence electrons. The Labute approximate surface area is 120 Å². The largest absolute Gasteiger partial charge is 0.326 e. The molecule has 0 aliphatic carbocycles. The molecule has 1 amide bonds. The molecule has 2 aromatic carbocycles. The molecule has 0 spiro atoms. The lowest BCUT2D eigenvalue weighted by Crippen LogP contribution is -2.20. The third kappa shape index (κ3) is 3.47. The first-order valence-electron chi connectivity index (χ1n) is 7.19. The second-order valence-corrected chi connectivity index (χ2v) is 4.91. The van der Waals surface area contributed by atoms with Crippen molar-refractivity contribution in [1.82, 2.24) is 0 Å². The number of amides is 1. The number of anilines is 1. The van der Waals surface area contributed by atoms with E-state index in [1.807, 2.05) is 55.5 Å². The molecule has 0 aliphatic rings. The monoisotopic (exact) mass is 267 g/mol. The Morgan fingerprint density at radius 3 is 2.45 bits per heavy atom. The fraction of sp³-hybridized carbons (Fsp3) is 0.278. The summed E-state index contributed by atoms with van der Waals surface area (Å²) >= 11 is 0. The van der Waals surface area contributed by atoms with E-state index in [0.29, 0.717) is 0 Å². The number of benzene rings is 2. The molecule has 2 nitrogen and oxygen atoms in total. The maximum Gasteiger partial charge on any atom is 0.231 e. The molecule has 1 N–H and O–H groups in total. The van der Waals surface area contributed by atoms with Gasteiger partial charge in [-0.1, -0.05) is 56.3 Å². The van der Waals surface area contributed by atoms with E-state index in [0.717, 1.165) is 24.1 Å². The maximum absolute atomic E-state index is 12.4. The van der Waals surface area contributed by atoms with Crippen LogP contribution in [0.15, 0.2) is 54.6 Å². The normalized spacial score (nSPS) is 11.9. The molecule has 2 aromatic rings. The van der Waals surface area contributed by atoms with E-state index in [-0.39, 0.29) is 11.8 Å². The van der Waals surface area contributed by atoms with Crippen LogP contribution in [0.25, 0.3) is 0 Å². The van der Waals surface area contributed by atoms with Gasteiger partial charge < -0.3 is 5.32 Å². The Bertz CT molecular complexity index is 563. The topological polar surface area (TPSA) is 29.1 Å². The van der Waals surface area contributed by atoms with Gasteiger partial charge in [0.15, 0.2) is 0 Å². The predicted octanol–water partition coefficient (Wildman–Crippen LogP) is 4.38. The van der Waals surface area contributed by atoms with E-state index >= 15 is 0 Å². The highest BCUT2D eigenvalue weighted by Crippen LogP contribution is 2.22. The number of hydrogen-bond acceptors (Lipinski definition) is 1. The average molecular weight is 267 g/mol. The Morgan fingerprint density at radius 1 is 1.05 bits per heavy atom. The molecule has 0 fully saturated rings. The van der Waals surface area contributed by atoms with Gasteiger partial charge in [-0.3, -0.25) is 4.79 Å². The zero-order valence-corrected chi connectivity index (χ0v) is 12.1. The molecule has 20 heavy (non-hydrogen) atoms. The van der Waals surface area contributed by atoms with E-state index in [2.05, 4.69) is 18.3 Å². The van der Waals surface area contributed by atoms with Gasteiger partial charge in [0, 0.05) is 5.69 Å². The van der Waals surface area contributed by atoms with Gasteiger partial charge in [0.25, 0.3) is 0 Å². The van der Waals surface area contributed by atoms with Crippen LogP contribution in [-0.4, -0.2) is 5.91 Å². The van der Waals surface area contributed by atoms with Crippen LogP contribution < -0.4 is 5.32 Å². The molecular formula is C18H21NO. The van der Waals surface area contributed by atoms with Crippen molar-refractivity contribution in [1.29, 1.82) is 0 Å². The van der Waals surface area contributed by atoms with Crippen LogP contribution >= 0.6 is 0 Å². The highest BCUT2D eigenvalue weighted by atomic mass is 16.1. The molecule has 1 atom stereocenters. The predicted molar refractivity (Wildman–Crippen MR) is 83.9 cm³/mol. The summed E-state index contributed by atoms with van der Waals surface area (Å²) in [7, 11) is 0. The first-order valence-corrected chi connectivity index (χ1v) is 7.19. The van der Waals surface area contributed by atoms with E-state index in [1.54, 1.807) is 0 Å². The van der Waals surface area contributed by atoms with Gasteiger partial charge in [0.2, 0.25) is 5.91 Å². The van der Waals surface area contributed by atoms with Crippen molar-refractivity contribution < 1.29 is 4.79 Å². The molecule has 0 radical (unpaired) electrons. The van der Waals surface area contributed by atoms with Crippen molar-refractivity contribution in [3.8, 4) is 0 Å². The summed E-state index contributed by atoms with van der Waals surface area (Å²) in [5, 5.41) is 3.03. The molecule has 0 saturated heterocycles. The van der Waals surface area contributed by atoms with Crippen molar-refractivity contribution >= 4 is 11.6 Å². The fourth-order valence-electron chi connectivity index (χ4n) is 2.36. The van der Waals surface area contributed by atoms with E-state index < -0.39 is 0 Å². The Hall–Kier alpha value is -2.09. The number of aryl methyl sites for hydroxylation is 1. The van der Waals surface area contributed by atoms with Crippen LogP contribution in [0.2, 0.25) is 0 Å². The fourth-order valence-corrected chi connectivity index (χ4v) is 2.36. The molecule has 2 rings (SSSR count). The van der Waals surface area contributed by atoms with E-state index in [9.17, 15) is 4.79 Å². The third-order valence-corrected chi connectivity index (χ3v) is 3.53. The van der Waals surface area contributed by atoms with Crippen molar-refractivity contribution in [3.05, 3.63) is 65.7 Å². The molecule has 1 unspecified atom stereocenters. The van der Waals surface area contributed by atoms with Crippen LogP contribution in [0.4, 0.5) is 5.69 Å². The first-order chi connectivity index (χ1) is 9.74. The quantitative estimate of drug-likeness (QED) is 0.855. The lowest BCUT2D eigenvalue weighted by Gasteiger charge is -2.15. The SMILES string of the molecule is CCc1cccc(NC(=O)C(CC)c2ccccc2)c1. The molecular weight excluding hydrogens is 246 g/mol. The van der Waals surface area contributed by atoms with Gasteiger partial charge >= 0.3 is 0 Å². The number of hydrogen-bond donors (Lipinski definition) is 1. The summed E-state index contributed by atoms with van der Waals surface area (Å²) in [4.78, 5) is 12.4.